The molecular formula is C24H43NO3. The number of unbranched alkanes of at least 4 members (excludes halogenated alkanes) is 4. The van der Waals surface area contributed by atoms with Crippen LogP contribution in [0.3, 0.4) is 0 Å². The summed E-state index contributed by atoms with van der Waals surface area (Å²) >= 11 is 0. The van der Waals surface area contributed by atoms with E-state index in [1.165, 1.54) is 32.1 Å². The number of hydrogen-bond donors (Lipinski definition) is 1. The van der Waals surface area contributed by atoms with Crippen molar-refractivity contribution in [2.24, 2.45) is 0 Å². The lowest BCUT2D eigenvalue weighted by molar-refractivity contribution is -0.123. The number of carbonyl (C=O) groups excluding carboxylic acids is 2. The second-order valence-corrected chi connectivity index (χ2v) is 6.76. The maximum absolute atomic E-state index is 11.2. The smallest absolute Gasteiger partial charge is 0.219 e. The van der Waals surface area contributed by atoms with Crippen molar-refractivity contribution in [1.82, 2.24) is 5.32 Å². The molecule has 1 atom stereocenters. The summed E-state index contributed by atoms with van der Waals surface area (Å²) in [6, 6.07) is 7.73. The summed E-state index contributed by atoms with van der Waals surface area (Å²) in [5.41, 5.74) is 1.06. The number of aryl methyl sites for hydroxylation is 1. The third-order valence-electron chi connectivity index (χ3n) is 4.09. The van der Waals surface area contributed by atoms with Crippen LogP contribution in [0.25, 0.3) is 0 Å². The largest absolute Gasteiger partial charge is 0.482 e. The summed E-state index contributed by atoms with van der Waals surface area (Å²) in [6.45, 7) is 14.5. The van der Waals surface area contributed by atoms with Crippen molar-refractivity contribution in [2.45, 2.75) is 99.5 Å². The molecule has 4 heteroatoms. The van der Waals surface area contributed by atoms with Crippen LogP contribution in [-0.4, -0.2) is 24.3 Å². The van der Waals surface area contributed by atoms with Crippen molar-refractivity contribution in [2.75, 3.05) is 6.54 Å². The Morgan fingerprint density at radius 1 is 0.964 bits per heavy atom. The van der Waals surface area contributed by atoms with Crippen LogP contribution in [0.15, 0.2) is 24.3 Å². The normalized spacial score (nSPS) is 10.5. The Hall–Kier alpha value is -1.84. The minimum atomic E-state index is -0.309. The Balaban J connectivity index is 0. The Labute approximate surface area is 173 Å². The van der Waals surface area contributed by atoms with Gasteiger partial charge < -0.3 is 10.1 Å². The summed E-state index contributed by atoms with van der Waals surface area (Å²) in [7, 11) is 0. The Bertz CT molecular complexity index is 510. The molecule has 1 aromatic rings. The monoisotopic (exact) mass is 393 g/mol. The van der Waals surface area contributed by atoms with E-state index in [9.17, 15) is 9.59 Å². The van der Waals surface area contributed by atoms with E-state index in [4.69, 9.17) is 4.74 Å². The molecule has 162 valence electrons. The highest BCUT2D eigenvalue weighted by atomic mass is 16.5. The highest BCUT2D eigenvalue weighted by Crippen LogP contribution is 2.18. The molecule has 1 aromatic carbocycles. The third kappa shape index (κ3) is 16.3. The van der Waals surface area contributed by atoms with Gasteiger partial charge in [0.15, 0.2) is 11.9 Å². The van der Waals surface area contributed by atoms with Crippen molar-refractivity contribution >= 4 is 11.7 Å². The molecule has 0 spiro atoms. The fraction of sp³-hybridized carbons (Fsp3) is 0.667. The van der Waals surface area contributed by atoms with Gasteiger partial charge in [-0.15, -0.1) is 0 Å². The van der Waals surface area contributed by atoms with E-state index in [0.29, 0.717) is 12.8 Å². The van der Waals surface area contributed by atoms with Gasteiger partial charge in [-0.1, -0.05) is 78.0 Å². The zero-order valence-electron chi connectivity index (χ0n) is 19.3. The molecule has 0 saturated heterocycles. The summed E-state index contributed by atoms with van der Waals surface area (Å²) in [4.78, 5) is 21.5. The predicted octanol–water partition coefficient (Wildman–Crippen LogP) is 6.25. The minimum absolute atomic E-state index is 0.0794. The molecule has 1 rings (SSSR count). The van der Waals surface area contributed by atoms with Gasteiger partial charge in [0.25, 0.3) is 0 Å². The minimum Gasteiger partial charge on any atom is -0.482 e. The lowest BCUT2D eigenvalue weighted by Crippen LogP contribution is -2.24. The first kappa shape index (κ1) is 28.4. The summed E-state index contributed by atoms with van der Waals surface area (Å²) < 4.78 is 5.61. The number of ether oxygens (including phenoxy) is 1. The average molecular weight is 394 g/mol. The maximum Gasteiger partial charge on any atom is 0.219 e. The Morgan fingerprint density at radius 3 is 1.89 bits per heavy atom. The highest BCUT2D eigenvalue weighted by Gasteiger charge is 2.13. The van der Waals surface area contributed by atoms with Crippen LogP contribution in [-0.2, 0) is 9.59 Å². The molecule has 1 amide bonds. The summed E-state index contributed by atoms with van der Waals surface area (Å²) in [5, 5.41) is 2.66. The van der Waals surface area contributed by atoms with Crippen molar-refractivity contribution in [1.29, 1.82) is 0 Å². The fourth-order valence-electron chi connectivity index (χ4n) is 2.29. The van der Waals surface area contributed by atoms with Crippen molar-refractivity contribution < 1.29 is 14.3 Å². The predicted molar refractivity (Wildman–Crippen MR) is 120 cm³/mol. The third-order valence-corrected chi connectivity index (χ3v) is 4.09. The van der Waals surface area contributed by atoms with E-state index in [1.54, 1.807) is 6.92 Å². The van der Waals surface area contributed by atoms with E-state index in [-0.39, 0.29) is 17.8 Å². The molecular weight excluding hydrogens is 350 g/mol. The lowest BCUT2D eigenvalue weighted by atomic mass is 10.2. The molecule has 0 heterocycles. The molecule has 0 aromatic heterocycles. The quantitative estimate of drug-likeness (QED) is 0.478. The number of benzene rings is 1. The zero-order valence-corrected chi connectivity index (χ0v) is 19.3. The van der Waals surface area contributed by atoms with Gasteiger partial charge in [-0.05, 0) is 38.8 Å². The molecule has 0 bridgehead atoms. The molecule has 0 aliphatic rings. The summed E-state index contributed by atoms with van der Waals surface area (Å²) in [5.74, 6) is 1.01. The van der Waals surface area contributed by atoms with Gasteiger partial charge in [-0.25, -0.2) is 0 Å². The van der Waals surface area contributed by atoms with Gasteiger partial charge in [0, 0.05) is 13.0 Å². The number of nitrogens with one attached hydrogen (secondary N) is 1. The van der Waals surface area contributed by atoms with E-state index in [2.05, 4.69) is 19.2 Å². The Morgan fingerprint density at radius 2 is 1.54 bits per heavy atom. The Kier molecular flexibility index (Phi) is 20.2. The van der Waals surface area contributed by atoms with E-state index in [1.807, 2.05) is 52.0 Å². The first-order valence-corrected chi connectivity index (χ1v) is 10.9. The first-order chi connectivity index (χ1) is 13.4. The van der Waals surface area contributed by atoms with Crippen LogP contribution in [0.5, 0.6) is 5.75 Å². The van der Waals surface area contributed by atoms with Crippen molar-refractivity contribution in [3.8, 4) is 5.75 Å². The number of amides is 1. The van der Waals surface area contributed by atoms with Gasteiger partial charge in [0.1, 0.15) is 5.75 Å². The number of hydrogen-bond acceptors (Lipinski definition) is 3. The molecule has 4 nitrogen and oxygen atoms in total. The standard InChI is InChI=1S/C12H16O2.C7H16.C5H11NO/c1-4-11(10(3)13)14-12-8-6-5-7-9(12)2;1-3-5-7-6-4-2;1-3-5(7)6-4-2/h5-8,11H,4H2,1-3H3;3-7H2,1-2H3;3-4H2,1-2H3,(H,6,7). The van der Waals surface area contributed by atoms with E-state index >= 15 is 0 Å². The molecule has 0 radical (unpaired) electrons. The molecule has 0 aliphatic heterocycles. The van der Waals surface area contributed by atoms with Crippen LogP contribution in [0, 0.1) is 6.92 Å². The number of ketones is 1. The van der Waals surface area contributed by atoms with Gasteiger partial charge in [-0.3, -0.25) is 9.59 Å². The topological polar surface area (TPSA) is 55.4 Å². The second kappa shape index (κ2) is 19.9. The number of para-hydroxylation sites is 1. The maximum atomic E-state index is 11.2. The highest BCUT2D eigenvalue weighted by molar-refractivity contribution is 5.80. The second-order valence-electron chi connectivity index (χ2n) is 6.76. The molecule has 0 saturated carbocycles. The molecule has 0 aliphatic carbocycles. The number of rotatable bonds is 10. The van der Waals surface area contributed by atoms with Crippen LogP contribution in [0.2, 0.25) is 0 Å². The summed E-state index contributed by atoms with van der Waals surface area (Å²) in [6.07, 6.45) is 8.00. The van der Waals surface area contributed by atoms with E-state index in [0.717, 1.165) is 17.9 Å². The zero-order chi connectivity index (χ0) is 21.8. The van der Waals surface area contributed by atoms with Gasteiger partial charge in [-0.2, -0.15) is 0 Å². The van der Waals surface area contributed by atoms with Crippen molar-refractivity contribution in [3.05, 3.63) is 29.8 Å². The molecule has 0 fully saturated rings. The molecule has 1 unspecified atom stereocenters. The van der Waals surface area contributed by atoms with Crippen LogP contribution in [0.1, 0.15) is 92.1 Å². The van der Waals surface area contributed by atoms with Gasteiger partial charge in [0.2, 0.25) is 5.91 Å². The molecule has 28 heavy (non-hydrogen) atoms. The number of Topliss-reactive ketones (excluding diaryl/α,β-unsaturated/α-hetero) is 1. The van der Waals surface area contributed by atoms with Crippen LogP contribution >= 0.6 is 0 Å². The lowest BCUT2D eigenvalue weighted by Gasteiger charge is -2.15. The van der Waals surface area contributed by atoms with Crippen molar-refractivity contribution in [3.63, 3.8) is 0 Å². The van der Waals surface area contributed by atoms with Gasteiger partial charge >= 0.3 is 0 Å². The molecule has 1 N–H and O–H groups in total. The SMILES string of the molecule is CCC(Oc1ccccc1C)C(C)=O.CCCCCCC.CCNC(=O)CC. The van der Waals surface area contributed by atoms with Crippen LogP contribution in [0.4, 0.5) is 0 Å². The fourth-order valence-corrected chi connectivity index (χ4v) is 2.29. The van der Waals surface area contributed by atoms with Gasteiger partial charge in [0.05, 0.1) is 0 Å². The van der Waals surface area contributed by atoms with E-state index < -0.39 is 0 Å². The first-order valence-electron chi connectivity index (χ1n) is 10.9. The van der Waals surface area contributed by atoms with Crippen LogP contribution < -0.4 is 10.1 Å². The number of carbonyl (C=O) groups is 2. The average Bonchev–Trinajstić information content (AvgIpc) is 2.68.